The Bertz CT molecular complexity index is 509. The fourth-order valence-electron chi connectivity index (χ4n) is 0.476. The van der Waals surface area contributed by atoms with E-state index in [9.17, 15) is 16.8 Å². The van der Waals surface area contributed by atoms with Gasteiger partial charge in [0, 0.05) is 7.05 Å². The van der Waals surface area contributed by atoms with E-state index < -0.39 is 25.1 Å². The maximum absolute atomic E-state index is 10.9. The predicted octanol–water partition coefficient (Wildman–Crippen LogP) is -0.604. The van der Waals surface area contributed by atoms with Crippen molar-refractivity contribution in [3.05, 3.63) is 5.53 Å². The van der Waals surface area contributed by atoms with Gasteiger partial charge in [0.05, 0.1) is 4.52 Å². The highest BCUT2D eigenvalue weighted by Crippen LogP contribution is 2.02. The molecular formula is C3H6N6O4S2. The Morgan fingerprint density at radius 2 is 1.73 bits per heavy atom. The molecule has 0 aliphatic heterocycles. The van der Waals surface area contributed by atoms with Gasteiger partial charge in [0.2, 0.25) is 0 Å². The summed E-state index contributed by atoms with van der Waals surface area (Å²) < 4.78 is 48.9. The Labute approximate surface area is 85.5 Å². The Kier molecular flexibility index (Phi) is 4.84. The van der Waals surface area contributed by atoms with Crippen molar-refractivity contribution in [1.29, 1.82) is 0 Å². The molecule has 0 atom stereocenters. The van der Waals surface area contributed by atoms with Gasteiger partial charge in [0.15, 0.2) is 5.08 Å². The van der Waals surface area contributed by atoms with Gasteiger partial charge in [-0.25, -0.2) is 16.8 Å². The lowest BCUT2D eigenvalue weighted by atomic mass is 11.4. The van der Waals surface area contributed by atoms with Crippen LogP contribution >= 0.6 is 0 Å². The minimum atomic E-state index is -4.32. The maximum atomic E-state index is 10.9. The fourth-order valence-corrected chi connectivity index (χ4v) is 2.79. The lowest BCUT2D eigenvalue weighted by molar-refractivity contribution is 0.00175. The fraction of sp³-hybridized carbons (Fsp3) is 0.667. The summed E-state index contributed by atoms with van der Waals surface area (Å²) in [4.78, 5) is 2.33. The average Bonchev–Trinajstić information content (AvgIpc) is 2.01. The molecule has 15 heavy (non-hydrogen) atoms. The second-order valence-corrected chi connectivity index (χ2v) is 5.59. The van der Waals surface area contributed by atoms with Crippen molar-refractivity contribution in [3.63, 3.8) is 0 Å². The van der Waals surface area contributed by atoms with Crippen LogP contribution < -0.4 is 0 Å². The van der Waals surface area contributed by atoms with E-state index in [1.54, 1.807) is 0 Å². The van der Waals surface area contributed by atoms with Crippen molar-refractivity contribution in [2.45, 2.75) is 0 Å². The first-order valence-electron chi connectivity index (χ1n) is 3.17. The van der Waals surface area contributed by atoms with Gasteiger partial charge in [-0.1, -0.05) is 4.52 Å². The third kappa shape index (κ3) is 6.54. The van der Waals surface area contributed by atoms with Crippen LogP contribution in [0.2, 0.25) is 0 Å². The highest BCUT2D eigenvalue weighted by atomic mass is 32.3. The van der Waals surface area contributed by atoms with Crippen LogP contribution in [0.1, 0.15) is 0 Å². The van der Waals surface area contributed by atoms with Gasteiger partial charge in [-0.15, -0.1) is 0 Å². The smallest absolute Gasteiger partial charge is 0.390 e. The highest BCUT2D eigenvalue weighted by molar-refractivity contribution is 8.06. The molecule has 12 heteroatoms. The minimum Gasteiger partial charge on any atom is -0.498 e. The Hall–Kier alpha value is -1.52. The molecule has 0 aromatic heterocycles. The minimum absolute atomic E-state index is 0.422. The zero-order chi connectivity index (χ0) is 11.9. The summed E-state index contributed by atoms with van der Waals surface area (Å²) in [7, 11) is -7.46. The summed E-state index contributed by atoms with van der Waals surface area (Å²) in [5, 5.41) is 4.34. The first kappa shape index (κ1) is 13.5. The van der Waals surface area contributed by atoms with Crippen molar-refractivity contribution >= 4 is 26.4 Å². The third-order valence-corrected chi connectivity index (χ3v) is 3.92. The summed E-state index contributed by atoms with van der Waals surface area (Å²) in [5.41, 5.74) is 7.85. The summed E-state index contributed by atoms with van der Waals surface area (Å²) in [5.74, 6) is 0. The zero-order valence-corrected chi connectivity index (χ0v) is 9.05. The van der Waals surface area contributed by atoms with E-state index in [2.05, 4.69) is 24.1 Å². The van der Waals surface area contributed by atoms with E-state index in [1.807, 2.05) is 0 Å². The van der Waals surface area contributed by atoms with Crippen molar-refractivity contribution < 1.29 is 21.6 Å². The van der Waals surface area contributed by atoms with E-state index >= 15 is 0 Å². The van der Waals surface area contributed by atoms with Crippen LogP contribution in [0.4, 0.5) is 0 Å². The SMILES string of the molecule is CN=NS(=O)(=O)CS(=O)(=O)N=NC=[N+]=[N-]. The van der Waals surface area contributed by atoms with Crippen molar-refractivity contribution in [2.75, 3.05) is 12.1 Å². The molecule has 0 bridgehead atoms. The molecule has 0 heterocycles. The number of sulfonamides is 2. The molecule has 0 N–H and O–H groups in total. The van der Waals surface area contributed by atoms with E-state index in [1.165, 1.54) is 0 Å². The third-order valence-electron chi connectivity index (χ3n) is 0.779. The van der Waals surface area contributed by atoms with Gasteiger partial charge < -0.3 is 10.3 Å². The molecule has 0 rings (SSSR count). The van der Waals surface area contributed by atoms with Crippen LogP contribution in [-0.4, -0.2) is 40.1 Å². The molecule has 84 valence electrons. The summed E-state index contributed by atoms with van der Waals surface area (Å²) >= 11 is 0. The summed E-state index contributed by atoms with van der Waals surface area (Å²) in [6.45, 7) is 0. The monoisotopic (exact) mass is 254 g/mol. The van der Waals surface area contributed by atoms with Gasteiger partial charge in [-0.2, -0.15) is 5.11 Å². The molecule has 0 fully saturated rings. The first-order chi connectivity index (χ1) is 6.83. The van der Waals surface area contributed by atoms with Crippen LogP contribution in [0, 0.1) is 0 Å². The highest BCUT2D eigenvalue weighted by Gasteiger charge is 2.23. The standard InChI is InChI=1S/C3H6N6O4S2/c1-5-8-14(10,11)3-15(12,13)9-7-2-6-4/h2H,3H2,1H3. The average molecular weight is 254 g/mol. The first-order valence-corrected chi connectivity index (χ1v) is 6.39. The summed E-state index contributed by atoms with van der Waals surface area (Å²) in [6, 6.07) is 0. The second kappa shape index (κ2) is 5.38. The van der Waals surface area contributed by atoms with Gasteiger partial charge in [0.25, 0.3) is 10.0 Å². The molecule has 0 aliphatic rings. The molecule has 0 radical (unpaired) electrons. The zero-order valence-electron chi connectivity index (χ0n) is 7.42. The van der Waals surface area contributed by atoms with Crippen LogP contribution in [0.25, 0.3) is 5.53 Å². The molecule has 0 aliphatic carbocycles. The van der Waals surface area contributed by atoms with Gasteiger partial charge in [-0.05, 0) is 0 Å². The van der Waals surface area contributed by atoms with Gasteiger partial charge >= 0.3 is 16.4 Å². The molecule has 0 amide bonds. The van der Waals surface area contributed by atoms with Crippen LogP contribution in [0.5, 0.6) is 0 Å². The number of nitrogens with zero attached hydrogens (tertiary/aromatic N) is 6. The second-order valence-electron chi connectivity index (χ2n) is 1.99. The van der Waals surface area contributed by atoms with E-state index in [-0.39, 0.29) is 0 Å². The quantitative estimate of drug-likeness (QED) is 0.278. The number of hydrogen-bond donors (Lipinski definition) is 0. The van der Waals surface area contributed by atoms with Gasteiger partial charge in [0.1, 0.15) is 5.11 Å². The lowest BCUT2D eigenvalue weighted by Crippen LogP contribution is -2.11. The normalized spacial score (nSPS) is 13.1. The van der Waals surface area contributed by atoms with E-state index in [4.69, 9.17) is 5.53 Å². The predicted molar refractivity (Wildman–Crippen MR) is 48.0 cm³/mol. The van der Waals surface area contributed by atoms with Crippen molar-refractivity contribution in [3.8, 4) is 0 Å². The summed E-state index contributed by atoms with van der Waals surface area (Å²) in [6.07, 6.45) is 0.422. The van der Waals surface area contributed by atoms with Crippen molar-refractivity contribution in [1.82, 2.24) is 0 Å². The molecule has 0 unspecified atom stereocenters. The van der Waals surface area contributed by atoms with E-state index in [0.717, 1.165) is 7.05 Å². The largest absolute Gasteiger partial charge is 0.498 e. The number of hydrogen-bond acceptors (Lipinski definition) is 5. The molecule has 0 saturated carbocycles. The Balaban J connectivity index is 4.89. The molecule has 0 aromatic rings. The van der Waals surface area contributed by atoms with Crippen molar-refractivity contribution in [2.24, 2.45) is 19.3 Å². The van der Waals surface area contributed by atoms with Gasteiger partial charge in [-0.3, -0.25) is 0 Å². The maximum Gasteiger partial charge on any atom is 0.390 e. The molecular weight excluding hydrogens is 248 g/mol. The topological polar surface area (TPSA) is 154 Å². The molecule has 10 nitrogen and oxygen atoms in total. The molecule has 0 saturated heterocycles. The Morgan fingerprint density at radius 3 is 2.20 bits per heavy atom. The van der Waals surface area contributed by atoms with Crippen LogP contribution in [0.15, 0.2) is 19.3 Å². The lowest BCUT2D eigenvalue weighted by Gasteiger charge is -1.90. The molecule has 0 aromatic carbocycles. The van der Waals surface area contributed by atoms with Crippen LogP contribution in [-0.2, 0) is 20.0 Å². The van der Waals surface area contributed by atoms with Crippen LogP contribution in [0.3, 0.4) is 0 Å². The number of rotatable bonds is 5. The molecule has 0 spiro atoms. The Morgan fingerprint density at radius 1 is 1.20 bits per heavy atom. The van der Waals surface area contributed by atoms with E-state index in [0.29, 0.717) is 6.34 Å².